The van der Waals surface area contributed by atoms with Crippen LogP contribution in [0.3, 0.4) is 0 Å². The second-order valence-corrected chi connectivity index (χ2v) is 4.46. The molecule has 1 unspecified atom stereocenters. The lowest BCUT2D eigenvalue weighted by molar-refractivity contribution is 0.133. The number of alkyl carbamates (subject to hydrolysis) is 1. The van der Waals surface area contributed by atoms with Gasteiger partial charge in [-0.3, -0.25) is 0 Å². The number of alkyl halides is 1. The minimum Gasteiger partial charge on any atom is -0.445 e. The van der Waals surface area contributed by atoms with Crippen LogP contribution in [-0.4, -0.2) is 12.8 Å². The van der Waals surface area contributed by atoms with Crippen LogP contribution < -0.4 is 5.32 Å². The van der Waals surface area contributed by atoms with Crippen molar-refractivity contribution in [3.05, 3.63) is 71.5 Å². The van der Waals surface area contributed by atoms with E-state index in [1.807, 2.05) is 30.3 Å². The lowest BCUT2D eigenvalue weighted by atomic mass is 10.1. The van der Waals surface area contributed by atoms with Crippen molar-refractivity contribution in [1.82, 2.24) is 5.32 Å². The van der Waals surface area contributed by atoms with Crippen LogP contribution in [0.25, 0.3) is 0 Å². The molecule has 2 rings (SSSR count). The molecule has 2 aromatic rings. The molecule has 21 heavy (non-hydrogen) atoms. The number of rotatable bonds is 5. The lowest BCUT2D eigenvalue weighted by Gasteiger charge is -2.15. The summed E-state index contributed by atoms with van der Waals surface area (Å²) >= 11 is 0. The number of amides is 1. The third-order valence-corrected chi connectivity index (χ3v) is 2.93. The van der Waals surface area contributed by atoms with Crippen molar-refractivity contribution in [1.29, 1.82) is 0 Å². The van der Waals surface area contributed by atoms with E-state index in [1.54, 1.807) is 0 Å². The molecule has 0 aliphatic rings. The molecule has 0 bridgehead atoms. The number of nitrogens with one attached hydrogen (secondary N) is 1. The second-order valence-electron chi connectivity index (χ2n) is 4.46. The Labute approximate surface area is 121 Å². The minimum absolute atomic E-state index is 0.106. The molecule has 0 saturated heterocycles. The number of ether oxygens (including phenoxy) is 1. The molecule has 0 saturated carbocycles. The van der Waals surface area contributed by atoms with E-state index in [1.165, 1.54) is 24.3 Å². The summed E-state index contributed by atoms with van der Waals surface area (Å²) in [6.45, 7) is -0.693. The first-order valence-corrected chi connectivity index (χ1v) is 6.47. The fraction of sp³-hybridized carbons (Fsp3) is 0.188. The Morgan fingerprint density at radius 3 is 2.38 bits per heavy atom. The molecule has 5 heteroatoms. The van der Waals surface area contributed by atoms with Crippen molar-refractivity contribution < 1.29 is 18.3 Å². The lowest BCUT2D eigenvalue weighted by Crippen LogP contribution is -2.30. The average molecular weight is 291 g/mol. The molecule has 0 radical (unpaired) electrons. The number of carbonyl (C=O) groups excluding carboxylic acids is 1. The van der Waals surface area contributed by atoms with Crippen LogP contribution in [0.4, 0.5) is 13.6 Å². The molecule has 2 aromatic carbocycles. The van der Waals surface area contributed by atoms with Crippen molar-refractivity contribution in [2.24, 2.45) is 0 Å². The SMILES string of the molecule is O=C(NC(CF)c1ccc(F)cc1)OCc1ccccc1. The van der Waals surface area contributed by atoms with Crippen LogP contribution in [-0.2, 0) is 11.3 Å². The molecular weight excluding hydrogens is 276 g/mol. The molecule has 3 nitrogen and oxygen atoms in total. The van der Waals surface area contributed by atoms with Crippen molar-refractivity contribution in [3.63, 3.8) is 0 Å². The topological polar surface area (TPSA) is 38.3 Å². The van der Waals surface area contributed by atoms with Gasteiger partial charge in [-0.1, -0.05) is 42.5 Å². The summed E-state index contributed by atoms with van der Waals surface area (Å²) in [7, 11) is 0. The number of carbonyl (C=O) groups is 1. The number of benzene rings is 2. The van der Waals surface area contributed by atoms with Crippen molar-refractivity contribution in [2.45, 2.75) is 12.6 Å². The summed E-state index contributed by atoms with van der Waals surface area (Å²) in [6.07, 6.45) is -0.717. The van der Waals surface area contributed by atoms with Crippen LogP contribution in [0.5, 0.6) is 0 Å². The highest BCUT2D eigenvalue weighted by Gasteiger charge is 2.15. The summed E-state index contributed by atoms with van der Waals surface area (Å²) in [6, 6.07) is 13.6. The fourth-order valence-corrected chi connectivity index (χ4v) is 1.81. The molecule has 110 valence electrons. The van der Waals surface area contributed by atoms with Crippen LogP contribution in [0.15, 0.2) is 54.6 Å². The molecule has 0 spiro atoms. The zero-order chi connectivity index (χ0) is 15.1. The zero-order valence-corrected chi connectivity index (χ0v) is 11.3. The van der Waals surface area contributed by atoms with Gasteiger partial charge in [0, 0.05) is 0 Å². The Kier molecular flexibility index (Phi) is 5.26. The molecule has 1 atom stereocenters. The summed E-state index contributed by atoms with van der Waals surface area (Å²) in [5, 5.41) is 2.41. The molecular formula is C16H15F2NO2. The number of hydrogen-bond donors (Lipinski definition) is 1. The Bertz CT molecular complexity index is 573. The third-order valence-electron chi connectivity index (χ3n) is 2.93. The van der Waals surface area contributed by atoms with Gasteiger partial charge >= 0.3 is 6.09 Å². The zero-order valence-electron chi connectivity index (χ0n) is 11.3. The molecule has 0 fully saturated rings. The van der Waals surface area contributed by atoms with Gasteiger partial charge in [-0.05, 0) is 23.3 Å². The van der Waals surface area contributed by atoms with Gasteiger partial charge < -0.3 is 10.1 Å². The quantitative estimate of drug-likeness (QED) is 0.910. The Morgan fingerprint density at radius 1 is 1.10 bits per heavy atom. The smallest absolute Gasteiger partial charge is 0.408 e. The maximum Gasteiger partial charge on any atom is 0.408 e. The maximum absolute atomic E-state index is 13.0. The van der Waals surface area contributed by atoms with Crippen molar-refractivity contribution >= 4 is 6.09 Å². The van der Waals surface area contributed by atoms with Gasteiger partial charge in [0.25, 0.3) is 0 Å². The van der Waals surface area contributed by atoms with E-state index in [0.717, 1.165) is 5.56 Å². The van der Waals surface area contributed by atoms with Gasteiger partial charge in [0.1, 0.15) is 19.1 Å². The molecule has 1 N–H and O–H groups in total. The predicted molar refractivity (Wildman–Crippen MR) is 74.9 cm³/mol. The molecule has 0 aromatic heterocycles. The first-order valence-electron chi connectivity index (χ1n) is 6.47. The normalized spacial score (nSPS) is 11.7. The Hall–Kier alpha value is -2.43. The number of halogens is 2. The van der Waals surface area contributed by atoms with E-state index in [4.69, 9.17) is 4.74 Å². The highest BCUT2D eigenvalue weighted by molar-refractivity contribution is 5.68. The Morgan fingerprint density at radius 2 is 1.76 bits per heavy atom. The fourth-order valence-electron chi connectivity index (χ4n) is 1.81. The van der Waals surface area contributed by atoms with Gasteiger partial charge in [0.05, 0.1) is 6.04 Å². The monoisotopic (exact) mass is 291 g/mol. The van der Waals surface area contributed by atoms with E-state index in [9.17, 15) is 13.6 Å². The van der Waals surface area contributed by atoms with E-state index >= 15 is 0 Å². The van der Waals surface area contributed by atoms with Gasteiger partial charge in [0.2, 0.25) is 0 Å². The van der Waals surface area contributed by atoms with Crippen LogP contribution >= 0.6 is 0 Å². The van der Waals surface area contributed by atoms with Crippen molar-refractivity contribution in [3.8, 4) is 0 Å². The van der Waals surface area contributed by atoms with Gasteiger partial charge in [0.15, 0.2) is 0 Å². The van der Waals surface area contributed by atoms with Gasteiger partial charge in [-0.25, -0.2) is 13.6 Å². The third kappa shape index (κ3) is 4.56. The van der Waals surface area contributed by atoms with Crippen LogP contribution in [0.1, 0.15) is 17.2 Å². The van der Waals surface area contributed by atoms with Crippen LogP contribution in [0, 0.1) is 5.82 Å². The van der Waals surface area contributed by atoms with E-state index in [0.29, 0.717) is 5.56 Å². The van der Waals surface area contributed by atoms with Gasteiger partial charge in [-0.15, -0.1) is 0 Å². The standard InChI is InChI=1S/C16H15F2NO2/c17-10-15(13-6-8-14(18)9-7-13)19-16(20)21-11-12-4-2-1-3-5-12/h1-9,15H,10-11H2,(H,19,20). The second kappa shape index (κ2) is 7.38. The summed E-state index contributed by atoms with van der Waals surface area (Å²) in [5.41, 5.74) is 1.32. The summed E-state index contributed by atoms with van der Waals surface area (Å²) < 4.78 is 30.8. The minimum atomic E-state index is -0.853. The van der Waals surface area contributed by atoms with E-state index < -0.39 is 24.6 Å². The Balaban J connectivity index is 1.89. The van der Waals surface area contributed by atoms with Crippen molar-refractivity contribution in [2.75, 3.05) is 6.67 Å². The average Bonchev–Trinajstić information content (AvgIpc) is 2.52. The first kappa shape index (κ1) is 15.0. The first-order chi connectivity index (χ1) is 10.2. The van der Waals surface area contributed by atoms with Gasteiger partial charge in [-0.2, -0.15) is 0 Å². The van der Waals surface area contributed by atoms with Crippen LogP contribution in [0.2, 0.25) is 0 Å². The molecule has 0 aliphatic heterocycles. The van der Waals surface area contributed by atoms with E-state index in [-0.39, 0.29) is 6.61 Å². The van der Waals surface area contributed by atoms with E-state index in [2.05, 4.69) is 5.32 Å². The largest absolute Gasteiger partial charge is 0.445 e. The maximum atomic E-state index is 13.0. The number of hydrogen-bond acceptors (Lipinski definition) is 2. The molecule has 1 amide bonds. The predicted octanol–water partition coefficient (Wildman–Crippen LogP) is 3.76. The molecule has 0 heterocycles. The summed E-state index contributed by atoms with van der Waals surface area (Å²) in [5.74, 6) is -0.414. The summed E-state index contributed by atoms with van der Waals surface area (Å²) in [4.78, 5) is 11.7. The molecule has 0 aliphatic carbocycles. The highest BCUT2D eigenvalue weighted by Crippen LogP contribution is 2.14. The highest BCUT2D eigenvalue weighted by atomic mass is 19.1.